The fourth-order valence-electron chi connectivity index (χ4n) is 1.80. The van der Waals surface area contributed by atoms with Crippen LogP contribution in [-0.4, -0.2) is 64.8 Å². The molecule has 0 bridgehead atoms. The molecule has 34 heavy (non-hydrogen) atoms. The van der Waals surface area contributed by atoms with E-state index in [0.717, 1.165) is 13.4 Å². The molecular formula is C18H12Br3InO9S3. The zero-order valence-electron chi connectivity index (χ0n) is 16.5. The predicted octanol–water partition coefficient (Wildman–Crippen LogP) is 3.68. The van der Waals surface area contributed by atoms with Crippen LogP contribution in [-0.2, 0) is 30.4 Å². The summed E-state index contributed by atoms with van der Waals surface area (Å²) in [5.41, 5.74) is 0. The first-order valence-corrected chi connectivity index (χ1v) is 14.7. The predicted molar refractivity (Wildman–Crippen MR) is 132 cm³/mol. The summed E-state index contributed by atoms with van der Waals surface area (Å²) < 4.78 is 95.6. The van der Waals surface area contributed by atoms with Crippen molar-refractivity contribution >= 4 is 104 Å². The van der Waals surface area contributed by atoms with Crippen molar-refractivity contribution in [1.29, 1.82) is 0 Å². The monoisotopic (exact) mass is 820 g/mol. The van der Waals surface area contributed by atoms with Gasteiger partial charge in [0.05, 0.1) is 14.7 Å². The molecule has 3 aromatic carbocycles. The van der Waals surface area contributed by atoms with Crippen molar-refractivity contribution in [3.05, 3.63) is 86.2 Å². The molecule has 0 aliphatic rings. The first kappa shape index (κ1) is 33.7. The molecular weight excluding hydrogens is 811 g/mol. The van der Waals surface area contributed by atoms with Crippen molar-refractivity contribution < 1.29 is 38.9 Å². The summed E-state index contributed by atoms with van der Waals surface area (Å²) in [4.78, 5) is -0.623. The molecule has 3 rings (SSSR count). The van der Waals surface area contributed by atoms with E-state index in [0.29, 0.717) is 0 Å². The van der Waals surface area contributed by atoms with E-state index in [1.54, 1.807) is 0 Å². The van der Waals surface area contributed by atoms with Gasteiger partial charge in [-0.2, -0.15) is 0 Å². The van der Waals surface area contributed by atoms with Crippen molar-refractivity contribution in [2.45, 2.75) is 14.7 Å². The van der Waals surface area contributed by atoms with Gasteiger partial charge in [-0.3, -0.25) is 0 Å². The summed E-state index contributed by atoms with van der Waals surface area (Å²) in [5, 5.41) is 0. The molecule has 0 aliphatic carbocycles. The molecule has 0 aliphatic heterocycles. The van der Waals surface area contributed by atoms with Crippen molar-refractivity contribution in [3.8, 4) is 0 Å². The molecule has 0 fully saturated rings. The molecule has 0 amide bonds. The van der Waals surface area contributed by atoms with Crippen LogP contribution in [0.1, 0.15) is 0 Å². The second-order valence-corrected chi connectivity index (χ2v) is 12.6. The maximum atomic E-state index is 10.4. The van der Waals surface area contributed by atoms with Crippen LogP contribution in [0, 0.1) is 0 Å². The van der Waals surface area contributed by atoms with E-state index in [1.165, 1.54) is 72.8 Å². The Morgan fingerprint density at radius 3 is 0.676 bits per heavy atom. The van der Waals surface area contributed by atoms with Gasteiger partial charge >= 0.3 is 25.8 Å². The molecule has 0 spiro atoms. The molecule has 16 heteroatoms. The van der Waals surface area contributed by atoms with E-state index < -0.39 is 30.4 Å². The van der Waals surface area contributed by atoms with Gasteiger partial charge in [0.2, 0.25) is 0 Å². The van der Waals surface area contributed by atoms with Crippen LogP contribution in [0.2, 0.25) is 0 Å². The molecule has 0 radical (unpaired) electrons. The topological polar surface area (TPSA) is 172 Å². The minimum absolute atomic E-state index is 0. The summed E-state index contributed by atoms with van der Waals surface area (Å²) in [6.45, 7) is 0. The molecule has 0 N–H and O–H groups in total. The number of halogens is 3. The van der Waals surface area contributed by atoms with Gasteiger partial charge in [0.15, 0.2) is 0 Å². The molecule has 0 saturated carbocycles. The Balaban J connectivity index is 0.000000473. The van der Waals surface area contributed by atoms with Gasteiger partial charge in [-0.25, -0.2) is 25.3 Å². The second-order valence-electron chi connectivity index (χ2n) is 5.72. The third-order valence-corrected chi connectivity index (χ3v) is 7.44. The first-order valence-electron chi connectivity index (χ1n) is 8.14. The van der Waals surface area contributed by atoms with Crippen LogP contribution >= 0.6 is 47.8 Å². The Morgan fingerprint density at radius 1 is 0.412 bits per heavy atom. The van der Waals surface area contributed by atoms with Crippen molar-refractivity contribution in [1.82, 2.24) is 0 Å². The van der Waals surface area contributed by atoms with E-state index in [4.69, 9.17) is 0 Å². The van der Waals surface area contributed by atoms with Crippen LogP contribution in [0.5, 0.6) is 0 Å². The fourth-order valence-corrected chi connectivity index (χ4v) is 4.01. The van der Waals surface area contributed by atoms with Gasteiger partial charge in [0, 0.05) is 13.4 Å². The fraction of sp³-hybridized carbons (Fsp3) is 0. The van der Waals surface area contributed by atoms with E-state index in [-0.39, 0.29) is 40.5 Å². The number of hydrogen-bond acceptors (Lipinski definition) is 9. The molecule has 0 atom stereocenters. The Labute approximate surface area is 241 Å². The third kappa shape index (κ3) is 13.1. The van der Waals surface area contributed by atoms with Gasteiger partial charge in [0.1, 0.15) is 30.4 Å². The second kappa shape index (κ2) is 14.4. The van der Waals surface area contributed by atoms with Crippen molar-refractivity contribution in [2.24, 2.45) is 0 Å². The number of rotatable bonds is 3. The van der Waals surface area contributed by atoms with Gasteiger partial charge < -0.3 is 13.7 Å². The summed E-state index contributed by atoms with van der Waals surface area (Å²) in [6.07, 6.45) is 0. The number of benzene rings is 3. The van der Waals surface area contributed by atoms with E-state index >= 15 is 0 Å². The van der Waals surface area contributed by atoms with Crippen LogP contribution < -0.4 is 0 Å². The molecule has 9 nitrogen and oxygen atoms in total. The molecule has 3 aromatic rings. The van der Waals surface area contributed by atoms with Crippen LogP contribution in [0.25, 0.3) is 0 Å². The van der Waals surface area contributed by atoms with E-state index in [1.807, 2.05) is 0 Å². The Bertz CT molecular complexity index is 1200. The summed E-state index contributed by atoms with van der Waals surface area (Å²) in [5.74, 6) is 0. The maximum absolute atomic E-state index is 10.4. The standard InChI is InChI=1S/3C6H5BrO3S.In/c3*7-5-1-3-6(4-2-5)11(8,9)10;/h3*1-4H,(H,8,9,10);/q;;;+3/p-3. The Morgan fingerprint density at radius 2 is 0.559 bits per heavy atom. The molecule has 0 heterocycles. The van der Waals surface area contributed by atoms with Gasteiger partial charge in [-0.15, -0.1) is 0 Å². The smallest absolute Gasteiger partial charge is 0.744 e. The average Bonchev–Trinajstić information content (AvgIpc) is 2.68. The Hall–Kier alpha value is -0.300. The van der Waals surface area contributed by atoms with Crippen molar-refractivity contribution in [3.63, 3.8) is 0 Å². The normalized spacial score (nSPS) is 11.1. The number of hydrogen-bond donors (Lipinski definition) is 0. The zero-order chi connectivity index (χ0) is 25.4. The SMILES string of the molecule is O=S(=O)([O-])c1ccc(Br)cc1.O=S(=O)([O-])c1ccc(Br)cc1.O=S(=O)([O-])c1ccc(Br)cc1.[In+3]. The molecule has 0 saturated heterocycles. The van der Waals surface area contributed by atoms with Gasteiger partial charge in [-0.05, 0) is 72.8 Å². The van der Waals surface area contributed by atoms with E-state index in [2.05, 4.69) is 47.8 Å². The molecule has 0 unspecified atom stereocenters. The third-order valence-electron chi connectivity index (χ3n) is 3.31. The first-order chi connectivity index (χ1) is 15.0. The minimum Gasteiger partial charge on any atom is -0.744 e. The summed E-state index contributed by atoms with van der Waals surface area (Å²) >= 11 is 9.35. The van der Waals surface area contributed by atoms with Crippen LogP contribution in [0.3, 0.4) is 0 Å². The molecule has 0 aromatic heterocycles. The largest absolute Gasteiger partial charge is 3.00 e. The molecule has 180 valence electrons. The minimum atomic E-state index is -4.29. The zero-order valence-corrected chi connectivity index (χ0v) is 27.0. The van der Waals surface area contributed by atoms with Crippen LogP contribution in [0.15, 0.2) is 101 Å². The quantitative estimate of drug-likeness (QED) is 0.358. The van der Waals surface area contributed by atoms with E-state index in [9.17, 15) is 38.9 Å². The average molecular weight is 823 g/mol. The summed E-state index contributed by atoms with van der Waals surface area (Å²) in [6, 6.07) is 16.6. The Kier molecular flexibility index (Phi) is 14.3. The van der Waals surface area contributed by atoms with Crippen molar-refractivity contribution in [2.75, 3.05) is 0 Å². The van der Waals surface area contributed by atoms with Crippen LogP contribution in [0.4, 0.5) is 0 Å². The van der Waals surface area contributed by atoms with Gasteiger partial charge in [-0.1, -0.05) is 47.8 Å². The summed E-state index contributed by atoms with van der Waals surface area (Å²) in [7, 11) is -12.9. The van der Waals surface area contributed by atoms with Gasteiger partial charge in [0.25, 0.3) is 0 Å². The maximum Gasteiger partial charge on any atom is 3.00 e.